The van der Waals surface area contributed by atoms with Crippen LogP contribution in [0.1, 0.15) is 29.1 Å². The number of aliphatic hydroxyl groups excluding tert-OH is 1. The summed E-state index contributed by atoms with van der Waals surface area (Å²) in [5, 5.41) is 15.8. The number of allylic oxidation sites excluding steroid dienone is 3. The predicted molar refractivity (Wildman–Crippen MR) is 94.1 cm³/mol. The third kappa shape index (κ3) is 2.01. The fourth-order valence-corrected chi connectivity index (χ4v) is 4.76. The largest absolute Gasteiger partial charge is 0.508 e. The molecule has 0 saturated heterocycles. The molecule has 0 aromatic carbocycles. The van der Waals surface area contributed by atoms with Crippen molar-refractivity contribution in [1.82, 2.24) is 24.5 Å². The average molecular weight is 339 g/mol. The molecule has 0 radical (unpaired) electrons. The van der Waals surface area contributed by atoms with Crippen LogP contribution in [0, 0.1) is 0 Å². The maximum Gasteiger partial charge on any atom is 0.185 e. The van der Waals surface area contributed by atoms with Gasteiger partial charge in [0.1, 0.15) is 16.9 Å². The molecule has 0 saturated carbocycles. The molecular formula is C17H17N5OS. The van der Waals surface area contributed by atoms with E-state index in [1.165, 1.54) is 10.4 Å². The highest BCUT2D eigenvalue weighted by atomic mass is 32.1. The molecular weight excluding hydrogens is 322 g/mol. The normalized spacial score (nSPS) is 18.7. The van der Waals surface area contributed by atoms with Gasteiger partial charge >= 0.3 is 0 Å². The third-order valence-corrected chi connectivity index (χ3v) is 5.86. The summed E-state index contributed by atoms with van der Waals surface area (Å²) in [7, 11) is 2.15. The lowest BCUT2D eigenvalue weighted by Gasteiger charge is -2.21. The topological polar surface area (TPSA) is 66.6 Å². The molecule has 1 aliphatic heterocycles. The zero-order valence-corrected chi connectivity index (χ0v) is 14.2. The minimum Gasteiger partial charge on any atom is -0.508 e. The zero-order valence-electron chi connectivity index (χ0n) is 13.4. The van der Waals surface area contributed by atoms with Crippen LogP contribution in [0.15, 0.2) is 24.2 Å². The number of hydrogen-bond acceptors (Lipinski definition) is 6. The first kappa shape index (κ1) is 14.1. The van der Waals surface area contributed by atoms with Crippen molar-refractivity contribution in [1.29, 1.82) is 0 Å². The van der Waals surface area contributed by atoms with E-state index in [2.05, 4.69) is 22.0 Å². The van der Waals surface area contributed by atoms with Gasteiger partial charge in [0.25, 0.3) is 0 Å². The fourth-order valence-electron chi connectivity index (χ4n) is 3.50. The van der Waals surface area contributed by atoms with Gasteiger partial charge in [-0.2, -0.15) is 0 Å². The zero-order chi connectivity index (χ0) is 16.3. The molecule has 3 aromatic heterocycles. The molecule has 3 aromatic rings. The van der Waals surface area contributed by atoms with Crippen LogP contribution in [-0.4, -0.2) is 43.2 Å². The Labute approximate surface area is 142 Å². The van der Waals surface area contributed by atoms with Crippen molar-refractivity contribution in [3.05, 3.63) is 40.5 Å². The molecule has 5 rings (SSSR count). The first-order chi connectivity index (χ1) is 11.7. The number of fused-ring (bicyclic) bond motifs is 5. The van der Waals surface area contributed by atoms with Crippen molar-refractivity contribution >= 4 is 32.8 Å². The number of rotatable bonds is 1. The second-order valence-corrected chi connectivity index (χ2v) is 7.49. The van der Waals surface area contributed by atoms with Crippen LogP contribution in [0.2, 0.25) is 0 Å². The molecule has 4 heterocycles. The Hall–Kier alpha value is -2.25. The molecule has 0 amide bonds. The van der Waals surface area contributed by atoms with Gasteiger partial charge in [0.05, 0.1) is 11.0 Å². The first-order valence-corrected chi connectivity index (χ1v) is 8.96. The highest BCUT2D eigenvalue weighted by Gasteiger charge is 2.23. The van der Waals surface area contributed by atoms with Crippen LogP contribution in [-0.2, 0) is 13.0 Å². The van der Waals surface area contributed by atoms with E-state index >= 15 is 0 Å². The van der Waals surface area contributed by atoms with E-state index in [0.29, 0.717) is 5.82 Å². The summed E-state index contributed by atoms with van der Waals surface area (Å²) in [5.41, 5.74) is 2.93. The van der Waals surface area contributed by atoms with E-state index in [1.807, 2.05) is 12.2 Å². The molecule has 1 N–H and O–H groups in total. The highest BCUT2D eigenvalue weighted by Crippen LogP contribution is 2.36. The maximum atomic E-state index is 10.1. The van der Waals surface area contributed by atoms with Gasteiger partial charge in [0, 0.05) is 18.0 Å². The minimum absolute atomic E-state index is 0.273. The molecule has 0 spiro atoms. The lowest BCUT2D eigenvalue weighted by atomic mass is 10.0. The number of likely N-dealkylation sites (N-methyl/N-ethyl adjacent to an activating group) is 1. The number of thiophene rings is 1. The molecule has 7 heteroatoms. The van der Waals surface area contributed by atoms with Crippen LogP contribution in [0.25, 0.3) is 21.4 Å². The highest BCUT2D eigenvalue weighted by molar-refractivity contribution is 7.19. The van der Waals surface area contributed by atoms with Crippen molar-refractivity contribution in [2.45, 2.75) is 25.8 Å². The Morgan fingerprint density at radius 2 is 2.12 bits per heavy atom. The van der Waals surface area contributed by atoms with Crippen LogP contribution < -0.4 is 0 Å². The van der Waals surface area contributed by atoms with Gasteiger partial charge in [-0.1, -0.05) is 6.08 Å². The Bertz CT molecular complexity index is 1030. The van der Waals surface area contributed by atoms with Gasteiger partial charge in [-0.3, -0.25) is 0 Å². The van der Waals surface area contributed by atoms with Gasteiger partial charge in [0.2, 0.25) is 0 Å². The fraction of sp³-hybridized carbons (Fsp3) is 0.353. The number of hydrogen-bond donors (Lipinski definition) is 1. The van der Waals surface area contributed by atoms with Gasteiger partial charge in [-0.05, 0) is 37.9 Å². The third-order valence-electron chi connectivity index (χ3n) is 4.74. The van der Waals surface area contributed by atoms with E-state index in [4.69, 9.17) is 4.98 Å². The summed E-state index contributed by atoms with van der Waals surface area (Å²) in [4.78, 5) is 14.1. The minimum atomic E-state index is 0.273. The first-order valence-electron chi connectivity index (χ1n) is 8.15. The van der Waals surface area contributed by atoms with Gasteiger partial charge < -0.3 is 10.0 Å². The van der Waals surface area contributed by atoms with Crippen molar-refractivity contribution < 1.29 is 5.11 Å². The van der Waals surface area contributed by atoms with E-state index < -0.39 is 0 Å². The number of aromatic nitrogens is 4. The lowest BCUT2D eigenvalue weighted by molar-refractivity contribution is 0.318. The summed E-state index contributed by atoms with van der Waals surface area (Å²) in [6, 6.07) is 0. The van der Waals surface area contributed by atoms with Crippen molar-refractivity contribution in [2.24, 2.45) is 0 Å². The molecule has 2 aliphatic rings. The monoisotopic (exact) mass is 339 g/mol. The smallest absolute Gasteiger partial charge is 0.185 e. The predicted octanol–water partition coefficient (Wildman–Crippen LogP) is 2.95. The Balaban J connectivity index is 1.74. The number of nitrogens with zero attached hydrogens (tertiary/aromatic N) is 5. The van der Waals surface area contributed by atoms with Crippen molar-refractivity contribution in [3.8, 4) is 0 Å². The summed E-state index contributed by atoms with van der Waals surface area (Å²) < 4.78 is 1.74. The van der Waals surface area contributed by atoms with E-state index in [1.54, 1.807) is 22.2 Å². The van der Waals surface area contributed by atoms with Crippen LogP contribution in [0.3, 0.4) is 0 Å². The van der Waals surface area contributed by atoms with Gasteiger partial charge in [-0.15, -0.1) is 16.4 Å². The molecule has 6 nitrogen and oxygen atoms in total. The van der Waals surface area contributed by atoms with E-state index in [-0.39, 0.29) is 5.76 Å². The van der Waals surface area contributed by atoms with Crippen molar-refractivity contribution in [2.75, 3.05) is 13.6 Å². The molecule has 0 atom stereocenters. The van der Waals surface area contributed by atoms with E-state index in [0.717, 1.165) is 53.8 Å². The average Bonchev–Trinajstić information content (AvgIpc) is 3.14. The lowest BCUT2D eigenvalue weighted by Crippen LogP contribution is -2.25. The number of aliphatic hydroxyl groups is 1. The molecule has 0 bridgehead atoms. The SMILES string of the molecule is CN1CCc2c(sc3ncn4nc(C5=CCCC=C5O)nc4c23)C1. The summed E-state index contributed by atoms with van der Waals surface area (Å²) in [6.07, 6.45) is 8.35. The van der Waals surface area contributed by atoms with Gasteiger partial charge in [0.15, 0.2) is 11.5 Å². The standard InChI is InChI=1S/C17H17N5OS/c1-21-7-6-11-13(8-21)24-17-14(11)16-19-15(20-22(16)9-18-17)10-4-2-3-5-12(10)23/h4-5,9,23H,2-3,6-8H2,1H3. The summed E-state index contributed by atoms with van der Waals surface area (Å²) in [6.45, 7) is 2.02. The maximum absolute atomic E-state index is 10.1. The Kier molecular flexibility index (Phi) is 3.01. The quantitative estimate of drug-likeness (QED) is 0.738. The molecule has 122 valence electrons. The van der Waals surface area contributed by atoms with Gasteiger partial charge in [-0.25, -0.2) is 14.5 Å². The van der Waals surface area contributed by atoms with Crippen LogP contribution >= 0.6 is 11.3 Å². The second kappa shape index (κ2) is 5.12. The Morgan fingerprint density at radius 1 is 1.25 bits per heavy atom. The van der Waals surface area contributed by atoms with Crippen LogP contribution in [0.5, 0.6) is 0 Å². The van der Waals surface area contributed by atoms with Crippen LogP contribution in [0.4, 0.5) is 0 Å². The molecule has 0 fully saturated rings. The molecule has 1 aliphatic carbocycles. The summed E-state index contributed by atoms with van der Waals surface area (Å²) in [5.74, 6) is 0.848. The Morgan fingerprint density at radius 3 is 3.00 bits per heavy atom. The molecule has 24 heavy (non-hydrogen) atoms. The summed E-state index contributed by atoms with van der Waals surface area (Å²) >= 11 is 1.75. The van der Waals surface area contributed by atoms with Crippen molar-refractivity contribution in [3.63, 3.8) is 0 Å². The van der Waals surface area contributed by atoms with E-state index in [9.17, 15) is 5.11 Å². The molecule has 0 unspecified atom stereocenters. The second-order valence-electron chi connectivity index (χ2n) is 6.40.